The smallest absolute Gasteiger partial charge is 0.206 e. The van der Waals surface area contributed by atoms with Crippen molar-refractivity contribution in [2.24, 2.45) is 0 Å². The number of rotatable bonds is 2. The molecule has 0 radical (unpaired) electrons. The maximum absolute atomic E-state index is 3.95. The van der Waals surface area contributed by atoms with Crippen LogP contribution in [0.15, 0.2) is 18.2 Å². The predicted octanol–water partition coefficient (Wildman–Crippen LogP) is 2.67. The van der Waals surface area contributed by atoms with Gasteiger partial charge in [-0.05, 0) is 26.8 Å². The topological polar surface area (TPSA) is 3.01 Å². The van der Waals surface area contributed by atoms with E-state index in [2.05, 4.69) is 45.7 Å². The molecule has 1 nitrogen and oxygen atoms in total. The van der Waals surface area contributed by atoms with Crippen molar-refractivity contribution in [1.82, 2.24) is 0 Å². The highest BCUT2D eigenvalue weighted by molar-refractivity contribution is 5.43. The van der Waals surface area contributed by atoms with Crippen LogP contribution in [-0.4, -0.2) is 17.8 Å². The molecule has 0 N–H and O–H groups in total. The van der Waals surface area contributed by atoms with Crippen LogP contribution in [-0.2, 0) is 0 Å². The number of aryl methyl sites for hydroxylation is 2. The van der Waals surface area contributed by atoms with Crippen LogP contribution < -0.4 is 0 Å². The largest absolute Gasteiger partial charge is 0.207 e. The fourth-order valence-corrected chi connectivity index (χ4v) is 1.33. The Bertz CT molecular complexity index is 300. The second-order valence-corrected chi connectivity index (χ2v) is 3.15. The lowest BCUT2D eigenvalue weighted by Gasteiger charge is -2.02. The molecule has 0 unspecified atom stereocenters. The van der Waals surface area contributed by atoms with Gasteiger partial charge in [-0.3, -0.25) is 0 Å². The van der Waals surface area contributed by atoms with E-state index < -0.39 is 0 Å². The number of nitrogens with zero attached hydrogens (tertiary/aromatic N) is 1. The number of benzene rings is 1. The van der Waals surface area contributed by atoms with Crippen LogP contribution in [0, 0.1) is 13.8 Å². The molecule has 1 rings (SSSR count). The minimum absolute atomic E-state index is 0.948. The zero-order valence-corrected chi connectivity index (χ0v) is 8.09. The highest BCUT2D eigenvalue weighted by atomic mass is 15.0. The third-order valence-corrected chi connectivity index (χ3v) is 2.07. The van der Waals surface area contributed by atoms with E-state index in [-0.39, 0.29) is 0 Å². The lowest BCUT2D eigenvalue weighted by Crippen LogP contribution is -2.02. The van der Waals surface area contributed by atoms with E-state index in [1.165, 1.54) is 16.8 Å². The molecule has 0 saturated carbocycles. The van der Waals surface area contributed by atoms with Gasteiger partial charge in [-0.2, -0.15) is 0 Å². The Morgan fingerprint density at radius 2 is 2.00 bits per heavy atom. The average Bonchev–Trinajstić information content (AvgIpc) is 2.03. The Morgan fingerprint density at radius 3 is 2.50 bits per heavy atom. The lowest BCUT2D eigenvalue weighted by atomic mass is 10.1. The van der Waals surface area contributed by atoms with Gasteiger partial charge >= 0.3 is 0 Å². The first-order valence-electron chi connectivity index (χ1n) is 4.30. The molecule has 1 heteroatoms. The lowest BCUT2D eigenvalue weighted by molar-refractivity contribution is -0.427. The third kappa shape index (κ3) is 1.73. The Balaban J connectivity index is 3.09. The summed E-state index contributed by atoms with van der Waals surface area (Å²) in [5.74, 6) is 0. The second-order valence-electron chi connectivity index (χ2n) is 3.15. The molecular weight excluding hydrogens is 146 g/mol. The molecule has 12 heavy (non-hydrogen) atoms. The van der Waals surface area contributed by atoms with Crippen LogP contribution in [0.4, 0.5) is 5.69 Å². The molecule has 0 spiro atoms. The summed E-state index contributed by atoms with van der Waals surface area (Å²) in [5, 5.41) is 0. The average molecular weight is 162 g/mol. The fourth-order valence-electron chi connectivity index (χ4n) is 1.33. The van der Waals surface area contributed by atoms with Crippen molar-refractivity contribution < 1.29 is 4.58 Å². The summed E-state index contributed by atoms with van der Waals surface area (Å²) in [6.45, 7) is 11.2. The normalized spacial score (nSPS) is 9.92. The first kappa shape index (κ1) is 8.98. The number of hydrogen-bond acceptors (Lipinski definition) is 0. The molecular formula is C11H16N+. The summed E-state index contributed by atoms with van der Waals surface area (Å²) in [4.78, 5) is 0. The van der Waals surface area contributed by atoms with Crippen LogP contribution in [0.3, 0.4) is 0 Å². The summed E-state index contributed by atoms with van der Waals surface area (Å²) in [7, 11) is 0. The van der Waals surface area contributed by atoms with Crippen LogP contribution in [0.2, 0.25) is 0 Å². The van der Waals surface area contributed by atoms with E-state index in [4.69, 9.17) is 0 Å². The van der Waals surface area contributed by atoms with E-state index in [1.54, 1.807) is 0 Å². The Morgan fingerprint density at radius 1 is 1.33 bits per heavy atom. The van der Waals surface area contributed by atoms with Crippen molar-refractivity contribution >= 4 is 12.4 Å². The van der Waals surface area contributed by atoms with Gasteiger partial charge in [0.1, 0.15) is 13.3 Å². The molecule has 1 aromatic rings. The molecule has 0 heterocycles. The molecule has 64 valence electrons. The highest BCUT2D eigenvalue weighted by Crippen LogP contribution is 2.18. The summed E-state index contributed by atoms with van der Waals surface area (Å²) in [6, 6.07) is 6.43. The summed E-state index contributed by atoms with van der Waals surface area (Å²) in [5.41, 5.74) is 3.83. The van der Waals surface area contributed by atoms with Crippen molar-refractivity contribution in [3.8, 4) is 0 Å². The zero-order chi connectivity index (χ0) is 9.14. The molecule has 0 atom stereocenters. The molecule has 0 aliphatic heterocycles. The Kier molecular flexibility index (Phi) is 2.64. The van der Waals surface area contributed by atoms with E-state index >= 15 is 0 Å². The zero-order valence-electron chi connectivity index (χ0n) is 8.09. The maximum Gasteiger partial charge on any atom is 0.207 e. The van der Waals surface area contributed by atoms with Crippen LogP contribution >= 0.6 is 0 Å². The standard InChI is InChI=1S/C11H16N/c1-5-12(4)11-7-6-9(2)8-10(11)3/h6-8H,4-5H2,1-3H3/q+1. The van der Waals surface area contributed by atoms with Crippen molar-refractivity contribution in [3.05, 3.63) is 29.3 Å². The minimum Gasteiger partial charge on any atom is -0.206 e. The Hall–Kier alpha value is -1.11. The fraction of sp³-hybridized carbons (Fsp3) is 0.364. The van der Waals surface area contributed by atoms with E-state index in [1.807, 2.05) is 4.58 Å². The minimum atomic E-state index is 0.948. The highest BCUT2D eigenvalue weighted by Gasteiger charge is 2.06. The first-order valence-corrected chi connectivity index (χ1v) is 4.30. The monoisotopic (exact) mass is 162 g/mol. The molecule has 0 fully saturated rings. The van der Waals surface area contributed by atoms with Crippen molar-refractivity contribution in [3.63, 3.8) is 0 Å². The van der Waals surface area contributed by atoms with Gasteiger partial charge in [-0.15, -0.1) is 0 Å². The quantitative estimate of drug-likeness (QED) is 0.464. The number of hydrogen-bond donors (Lipinski definition) is 0. The molecule has 0 aliphatic carbocycles. The van der Waals surface area contributed by atoms with Gasteiger partial charge in [0.2, 0.25) is 5.69 Å². The van der Waals surface area contributed by atoms with Gasteiger partial charge < -0.3 is 0 Å². The summed E-state index contributed by atoms with van der Waals surface area (Å²) < 4.78 is 2.01. The van der Waals surface area contributed by atoms with Crippen molar-refractivity contribution in [2.45, 2.75) is 20.8 Å². The molecule has 1 aromatic carbocycles. The van der Waals surface area contributed by atoms with E-state index in [0.717, 1.165) is 6.54 Å². The van der Waals surface area contributed by atoms with Gasteiger partial charge in [0, 0.05) is 11.6 Å². The summed E-state index contributed by atoms with van der Waals surface area (Å²) in [6.07, 6.45) is 0. The second kappa shape index (κ2) is 3.53. The molecule has 0 aromatic heterocycles. The summed E-state index contributed by atoms with van der Waals surface area (Å²) >= 11 is 0. The van der Waals surface area contributed by atoms with E-state index in [0.29, 0.717) is 0 Å². The first-order chi connectivity index (χ1) is 5.65. The van der Waals surface area contributed by atoms with Gasteiger partial charge in [-0.1, -0.05) is 11.6 Å². The van der Waals surface area contributed by atoms with Crippen LogP contribution in [0.1, 0.15) is 18.1 Å². The van der Waals surface area contributed by atoms with Crippen molar-refractivity contribution in [2.75, 3.05) is 6.54 Å². The predicted molar refractivity (Wildman–Crippen MR) is 53.5 cm³/mol. The molecule has 0 bridgehead atoms. The van der Waals surface area contributed by atoms with Gasteiger partial charge in [0.05, 0.1) is 0 Å². The van der Waals surface area contributed by atoms with Gasteiger partial charge in [0.25, 0.3) is 0 Å². The van der Waals surface area contributed by atoms with Crippen molar-refractivity contribution in [1.29, 1.82) is 0 Å². The van der Waals surface area contributed by atoms with E-state index in [9.17, 15) is 0 Å². The van der Waals surface area contributed by atoms with Crippen LogP contribution in [0.25, 0.3) is 0 Å². The Labute approximate surface area is 74.4 Å². The molecule has 0 amide bonds. The molecule has 0 saturated heterocycles. The SMILES string of the molecule is C=[N+](CC)c1ccc(C)cc1C. The molecule has 0 aliphatic rings. The van der Waals surface area contributed by atoms with Crippen LogP contribution in [0.5, 0.6) is 0 Å². The third-order valence-electron chi connectivity index (χ3n) is 2.07. The maximum atomic E-state index is 3.95. The van der Waals surface area contributed by atoms with Gasteiger partial charge in [0.15, 0.2) is 0 Å². The van der Waals surface area contributed by atoms with Gasteiger partial charge in [-0.25, -0.2) is 4.58 Å².